The Labute approximate surface area is 93.8 Å². The van der Waals surface area contributed by atoms with Crippen LogP contribution in [-0.2, 0) is 6.54 Å². The third-order valence-corrected chi connectivity index (χ3v) is 2.23. The number of aliphatic hydroxyl groups excluding tert-OH is 1. The number of hydrogen-bond donors (Lipinski definition) is 1. The highest BCUT2D eigenvalue weighted by Crippen LogP contribution is 2.13. The first-order valence-corrected chi connectivity index (χ1v) is 5.06. The second-order valence-corrected chi connectivity index (χ2v) is 3.46. The summed E-state index contributed by atoms with van der Waals surface area (Å²) in [5, 5.41) is 8.82. The number of aliphatic hydroxyl groups is 1. The van der Waals surface area contributed by atoms with E-state index in [0.717, 1.165) is 6.07 Å². The van der Waals surface area contributed by atoms with Crippen LogP contribution in [0.2, 0.25) is 0 Å². The molecule has 0 radical (unpaired) electrons. The number of hydrogen-bond acceptors (Lipinski definition) is 2. The number of benzene rings is 1. The molecule has 88 valence electrons. The fraction of sp³-hybridized carbons (Fsp3) is 0.333. The summed E-state index contributed by atoms with van der Waals surface area (Å²) < 4.78 is 26.3. The number of halogens is 2. The van der Waals surface area contributed by atoms with Gasteiger partial charge in [-0.1, -0.05) is 18.2 Å². The summed E-state index contributed by atoms with van der Waals surface area (Å²) in [6, 6.07) is 4.09. The van der Waals surface area contributed by atoms with Crippen LogP contribution in [-0.4, -0.2) is 29.7 Å². The Balaban J connectivity index is 2.76. The third-order valence-electron chi connectivity index (χ3n) is 2.23. The smallest absolute Gasteiger partial charge is 0.163 e. The SMILES string of the molecule is C=CCN(CCO)Cc1cccc(F)c1F. The predicted molar refractivity (Wildman–Crippen MR) is 58.9 cm³/mol. The molecule has 1 aromatic rings. The number of nitrogens with zero attached hydrogens (tertiary/aromatic N) is 1. The molecule has 0 spiro atoms. The van der Waals surface area contributed by atoms with Crippen molar-refractivity contribution >= 4 is 0 Å². The lowest BCUT2D eigenvalue weighted by Crippen LogP contribution is -2.27. The van der Waals surface area contributed by atoms with Crippen molar-refractivity contribution in [3.05, 3.63) is 48.1 Å². The van der Waals surface area contributed by atoms with Gasteiger partial charge in [-0.2, -0.15) is 0 Å². The lowest BCUT2D eigenvalue weighted by Gasteiger charge is -2.19. The molecule has 0 amide bonds. The van der Waals surface area contributed by atoms with Crippen LogP contribution < -0.4 is 0 Å². The van der Waals surface area contributed by atoms with Crippen molar-refractivity contribution in [3.8, 4) is 0 Å². The van der Waals surface area contributed by atoms with E-state index >= 15 is 0 Å². The second-order valence-electron chi connectivity index (χ2n) is 3.46. The molecule has 0 aromatic heterocycles. The molecule has 0 saturated heterocycles. The van der Waals surface area contributed by atoms with Gasteiger partial charge in [-0.05, 0) is 6.07 Å². The maximum absolute atomic E-state index is 13.4. The molecule has 4 heteroatoms. The molecule has 1 aromatic carbocycles. The van der Waals surface area contributed by atoms with Crippen LogP contribution in [0.5, 0.6) is 0 Å². The summed E-state index contributed by atoms with van der Waals surface area (Å²) in [4.78, 5) is 1.78. The fourth-order valence-electron chi connectivity index (χ4n) is 1.47. The topological polar surface area (TPSA) is 23.5 Å². The predicted octanol–water partition coefficient (Wildman–Crippen LogP) is 1.95. The minimum atomic E-state index is -0.847. The molecule has 0 unspecified atom stereocenters. The highest BCUT2D eigenvalue weighted by atomic mass is 19.2. The van der Waals surface area contributed by atoms with Gasteiger partial charge >= 0.3 is 0 Å². The molecule has 0 heterocycles. The van der Waals surface area contributed by atoms with Crippen molar-refractivity contribution in [2.75, 3.05) is 19.7 Å². The number of rotatable bonds is 6. The van der Waals surface area contributed by atoms with Crippen LogP contribution in [0, 0.1) is 11.6 Å². The first-order chi connectivity index (χ1) is 7.69. The minimum Gasteiger partial charge on any atom is -0.395 e. The van der Waals surface area contributed by atoms with Gasteiger partial charge in [0.1, 0.15) is 0 Å². The molecule has 0 aliphatic carbocycles. The molecule has 0 saturated carbocycles. The van der Waals surface area contributed by atoms with E-state index in [1.54, 1.807) is 11.0 Å². The molecule has 0 aliphatic rings. The van der Waals surface area contributed by atoms with E-state index in [4.69, 9.17) is 5.11 Å². The molecule has 16 heavy (non-hydrogen) atoms. The first kappa shape index (κ1) is 12.8. The summed E-state index contributed by atoms with van der Waals surface area (Å²) in [7, 11) is 0. The average Bonchev–Trinajstić information content (AvgIpc) is 2.25. The standard InChI is InChI=1S/C12H15F2NO/c1-2-6-15(7-8-16)9-10-4-3-5-11(13)12(10)14/h2-5,16H,1,6-9H2. The first-order valence-electron chi connectivity index (χ1n) is 5.06. The summed E-state index contributed by atoms with van der Waals surface area (Å²) in [6.07, 6.45) is 1.66. The summed E-state index contributed by atoms with van der Waals surface area (Å²) in [5.74, 6) is -1.67. The van der Waals surface area contributed by atoms with E-state index in [-0.39, 0.29) is 18.7 Å². The largest absolute Gasteiger partial charge is 0.395 e. The van der Waals surface area contributed by atoms with Crippen LogP contribution in [0.3, 0.4) is 0 Å². The Morgan fingerprint density at radius 2 is 2.12 bits per heavy atom. The zero-order valence-corrected chi connectivity index (χ0v) is 9.00. The van der Waals surface area contributed by atoms with Crippen molar-refractivity contribution in [1.29, 1.82) is 0 Å². The van der Waals surface area contributed by atoms with Crippen LogP contribution in [0.4, 0.5) is 8.78 Å². The summed E-state index contributed by atoms with van der Waals surface area (Å²) in [6.45, 7) is 4.74. The van der Waals surface area contributed by atoms with Crippen molar-refractivity contribution in [2.24, 2.45) is 0 Å². The quantitative estimate of drug-likeness (QED) is 0.751. The minimum absolute atomic E-state index is 0.0230. The summed E-state index contributed by atoms with van der Waals surface area (Å²) >= 11 is 0. The summed E-state index contributed by atoms with van der Waals surface area (Å²) in [5.41, 5.74) is 0.287. The van der Waals surface area contributed by atoms with E-state index in [9.17, 15) is 8.78 Å². The lowest BCUT2D eigenvalue weighted by molar-refractivity contribution is 0.201. The van der Waals surface area contributed by atoms with Crippen LogP contribution in [0.25, 0.3) is 0 Å². The van der Waals surface area contributed by atoms with E-state index < -0.39 is 11.6 Å². The maximum atomic E-state index is 13.4. The van der Waals surface area contributed by atoms with Gasteiger partial charge in [0.25, 0.3) is 0 Å². The normalized spacial score (nSPS) is 10.8. The molecule has 1 rings (SSSR count). The molecule has 2 nitrogen and oxygen atoms in total. The van der Waals surface area contributed by atoms with Gasteiger partial charge in [-0.15, -0.1) is 6.58 Å². The lowest BCUT2D eigenvalue weighted by atomic mass is 10.2. The van der Waals surface area contributed by atoms with Gasteiger partial charge in [0, 0.05) is 25.2 Å². The van der Waals surface area contributed by atoms with E-state index in [2.05, 4.69) is 6.58 Å². The van der Waals surface area contributed by atoms with E-state index in [1.165, 1.54) is 12.1 Å². The molecular weight excluding hydrogens is 212 g/mol. The van der Waals surface area contributed by atoms with Gasteiger partial charge in [0.05, 0.1) is 6.61 Å². The van der Waals surface area contributed by atoms with Crippen LogP contribution in [0.1, 0.15) is 5.56 Å². The zero-order chi connectivity index (χ0) is 12.0. The molecule has 0 aliphatic heterocycles. The van der Waals surface area contributed by atoms with Crippen LogP contribution in [0.15, 0.2) is 30.9 Å². The van der Waals surface area contributed by atoms with Gasteiger partial charge in [-0.3, -0.25) is 4.90 Å². The highest BCUT2D eigenvalue weighted by molar-refractivity contribution is 5.18. The van der Waals surface area contributed by atoms with E-state index in [1.807, 2.05) is 0 Å². The van der Waals surface area contributed by atoms with Gasteiger partial charge < -0.3 is 5.11 Å². The van der Waals surface area contributed by atoms with Crippen LogP contribution >= 0.6 is 0 Å². The average molecular weight is 227 g/mol. The Morgan fingerprint density at radius 3 is 2.75 bits per heavy atom. The second kappa shape index (κ2) is 6.35. The highest BCUT2D eigenvalue weighted by Gasteiger charge is 2.10. The molecular formula is C12H15F2NO. The molecule has 0 bridgehead atoms. The maximum Gasteiger partial charge on any atom is 0.163 e. The molecule has 1 N–H and O–H groups in total. The Morgan fingerprint density at radius 1 is 1.38 bits per heavy atom. The van der Waals surface area contributed by atoms with Crippen molar-refractivity contribution in [1.82, 2.24) is 4.90 Å². The Kier molecular flexibility index (Phi) is 5.08. The Bertz CT molecular complexity index is 355. The van der Waals surface area contributed by atoms with Gasteiger partial charge in [0.15, 0.2) is 11.6 Å². The zero-order valence-electron chi connectivity index (χ0n) is 9.00. The Hall–Kier alpha value is -1.26. The van der Waals surface area contributed by atoms with Crippen molar-refractivity contribution in [3.63, 3.8) is 0 Å². The van der Waals surface area contributed by atoms with Gasteiger partial charge in [-0.25, -0.2) is 8.78 Å². The van der Waals surface area contributed by atoms with Gasteiger partial charge in [0.2, 0.25) is 0 Å². The van der Waals surface area contributed by atoms with E-state index in [0.29, 0.717) is 13.1 Å². The molecule has 0 fully saturated rings. The monoisotopic (exact) mass is 227 g/mol. The fourth-order valence-corrected chi connectivity index (χ4v) is 1.47. The van der Waals surface area contributed by atoms with Crippen molar-refractivity contribution in [2.45, 2.75) is 6.54 Å². The van der Waals surface area contributed by atoms with Crippen molar-refractivity contribution < 1.29 is 13.9 Å². The molecule has 0 atom stereocenters. The third kappa shape index (κ3) is 3.40.